The summed E-state index contributed by atoms with van der Waals surface area (Å²) in [6.07, 6.45) is 1.21. The van der Waals surface area contributed by atoms with Crippen LogP contribution >= 0.6 is 11.6 Å². The minimum absolute atomic E-state index is 0.125. The van der Waals surface area contributed by atoms with Crippen molar-refractivity contribution in [2.24, 2.45) is 0 Å². The fourth-order valence-corrected chi connectivity index (χ4v) is 2.15. The number of carbonyl (C=O) groups excluding carboxylic acids is 1. The van der Waals surface area contributed by atoms with Gasteiger partial charge in [0.25, 0.3) is 5.56 Å². The molecule has 0 aromatic carbocycles. The lowest BCUT2D eigenvalue weighted by atomic mass is 10.3. The van der Waals surface area contributed by atoms with Crippen molar-refractivity contribution in [1.82, 2.24) is 15.1 Å². The average Bonchev–Trinajstić information content (AvgIpc) is 2.42. The van der Waals surface area contributed by atoms with Gasteiger partial charge in [-0.05, 0) is 6.92 Å². The number of amides is 1. The Hall–Kier alpha value is -1.76. The van der Waals surface area contributed by atoms with Crippen molar-refractivity contribution in [3.63, 3.8) is 0 Å². The Morgan fingerprint density at radius 2 is 2.16 bits per heavy atom. The first-order valence-corrected chi connectivity index (χ1v) is 6.41. The monoisotopic (exact) mass is 286 g/mol. The van der Waals surface area contributed by atoms with E-state index in [2.05, 4.69) is 10.2 Å². The first-order chi connectivity index (χ1) is 9.13. The lowest BCUT2D eigenvalue weighted by Gasteiger charge is -2.35. The Morgan fingerprint density at radius 1 is 1.47 bits per heavy atom. The number of hydrogen-bond donors (Lipinski definition) is 1. The minimum Gasteiger partial charge on any atom is -0.450 e. The van der Waals surface area contributed by atoms with Crippen LogP contribution in [0.25, 0.3) is 0 Å². The average molecular weight is 287 g/mol. The van der Waals surface area contributed by atoms with Crippen LogP contribution in [0.1, 0.15) is 6.92 Å². The fraction of sp³-hybridized carbons (Fsp3) is 0.545. The first-order valence-electron chi connectivity index (χ1n) is 6.03. The predicted molar refractivity (Wildman–Crippen MR) is 70.7 cm³/mol. The third kappa shape index (κ3) is 2.98. The molecule has 0 unspecified atom stereocenters. The Labute approximate surface area is 115 Å². The molecule has 0 spiro atoms. The Morgan fingerprint density at radius 3 is 2.79 bits per heavy atom. The quantitative estimate of drug-likeness (QED) is 0.866. The highest BCUT2D eigenvalue weighted by atomic mass is 35.5. The van der Waals surface area contributed by atoms with E-state index in [1.54, 1.807) is 11.8 Å². The molecule has 1 aliphatic rings. The van der Waals surface area contributed by atoms with Gasteiger partial charge in [0.15, 0.2) is 0 Å². The van der Waals surface area contributed by atoms with Gasteiger partial charge in [-0.2, -0.15) is 5.10 Å². The molecule has 104 valence electrons. The summed E-state index contributed by atoms with van der Waals surface area (Å²) in [7, 11) is 0. The molecule has 0 aliphatic carbocycles. The summed E-state index contributed by atoms with van der Waals surface area (Å²) in [6.45, 7) is 4.37. The summed E-state index contributed by atoms with van der Waals surface area (Å²) >= 11 is 5.94. The van der Waals surface area contributed by atoms with Gasteiger partial charge in [-0.25, -0.2) is 9.89 Å². The van der Waals surface area contributed by atoms with Gasteiger partial charge in [-0.15, -0.1) is 0 Å². The summed E-state index contributed by atoms with van der Waals surface area (Å²) in [6, 6.07) is 0. The Bertz CT molecular complexity index is 511. The maximum atomic E-state index is 11.6. The third-order valence-corrected chi connectivity index (χ3v) is 3.29. The van der Waals surface area contributed by atoms with E-state index in [1.165, 1.54) is 6.20 Å². The van der Waals surface area contributed by atoms with Crippen molar-refractivity contribution in [3.05, 3.63) is 21.6 Å². The molecule has 1 aromatic heterocycles. The molecule has 0 radical (unpaired) electrons. The van der Waals surface area contributed by atoms with Crippen LogP contribution in [-0.2, 0) is 4.74 Å². The topological polar surface area (TPSA) is 78.5 Å². The molecule has 1 aliphatic heterocycles. The molecule has 8 heteroatoms. The molecule has 1 aromatic rings. The van der Waals surface area contributed by atoms with Gasteiger partial charge in [0.2, 0.25) is 0 Å². The van der Waals surface area contributed by atoms with Crippen molar-refractivity contribution >= 4 is 23.4 Å². The van der Waals surface area contributed by atoms with E-state index in [1.807, 2.05) is 4.90 Å². The number of aromatic nitrogens is 2. The zero-order chi connectivity index (χ0) is 13.8. The largest absolute Gasteiger partial charge is 0.450 e. The normalized spacial score (nSPS) is 15.5. The van der Waals surface area contributed by atoms with Crippen LogP contribution in [-0.4, -0.2) is 54.0 Å². The van der Waals surface area contributed by atoms with Crippen molar-refractivity contribution in [1.29, 1.82) is 0 Å². The number of nitrogens with zero attached hydrogens (tertiary/aromatic N) is 3. The number of ether oxygens (including phenoxy) is 1. The lowest BCUT2D eigenvalue weighted by molar-refractivity contribution is 0.105. The number of hydrogen-bond acceptors (Lipinski definition) is 5. The predicted octanol–water partition coefficient (Wildman–Crippen LogP) is 0.702. The molecule has 0 atom stereocenters. The van der Waals surface area contributed by atoms with Crippen LogP contribution in [0, 0.1) is 0 Å². The van der Waals surface area contributed by atoms with Gasteiger partial charge in [-0.3, -0.25) is 4.79 Å². The van der Waals surface area contributed by atoms with Gasteiger partial charge in [-0.1, -0.05) is 11.6 Å². The van der Waals surface area contributed by atoms with Crippen LogP contribution in [0.2, 0.25) is 5.02 Å². The molecule has 2 heterocycles. The molecule has 0 saturated carbocycles. The molecule has 19 heavy (non-hydrogen) atoms. The molecule has 1 saturated heterocycles. The number of aromatic amines is 1. The van der Waals surface area contributed by atoms with Crippen LogP contribution in [0.3, 0.4) is 0 Å². The van der Waals surface area contributed by atoms with Crippen molar-refractivity contribution in [2.75, 3.05) is 37.7 Å². The second-order valence-electron chi connectivity index (χ2n) is 4.07. The van der Waals surface area contributed by atoms with E-state index < -0.39 is 5.56 Å². The van der Waals surface area contributed by atoms with Crippen LogP contribution in [0.5, 0.6) is 0 Å². The number of anilines is 1. The molecule has 2 rings (SSSR count). The van der Waals surface area contributed by atoms with Crippen molar-refractivity contribution in [2.45, 2.75) is 6.92 Å². The summed E-state index contributed by atoms with van der Waals surface area (Å²) < 4.78 is 4.94. The zero-order valence-corrected chi connectivity index (χ0v) is 11.3. The molecule has 1 amide bonds. The highest BCUT2D eigenvalue weighted by molar-refractivity contribution is 6.33. The summed E-state index contributed by atoms with van der Waals surface area (Å²) in [4.78, 5) is 26.5. The van der Waals surface area contributed by atoms with Gasteiger partial charge in [0.05, 0.1) is 18.5 Å². The SMILES string of the molecule is CCOC(=O)N1CCN(c2cn[nH]c(=O)c2Cl)CC1. The van der Waals surface area contributed by atoms with E-state index in [4.69, 9.17) is 16.3 Å². The van der Waals surface area contributed by atoms with Gasteiger partial charge in [0.1, 0.15) is 5.02 Å². The van der Waals surface area contributed by atoms with Gasteiger partial charge >= 0.3 is 6.09 Å². The van der Waals surface area contributed by atoms with E-state index >= 15 is 0 Å². The maximum Gasteiger partial charge on any atom is 0.409 e. The smallest absolute Gasteiger partial charge is 0.409 e. The standard InChI is InChI=1S/C11H15ClN4O3/c1-2-19-11(18)16-5-3-15(4-6-16)8-7-13-14-10(17)9(8)12/h7H,2-6H2,1H3,(H,14,17). The van der Waals surface area contributed by atoms with E-state index in [0.717, 1.165) is 0 Å². The second kappa shape index (κ2) is 5.92. The number of nitrogens with one attached hydrogen (secondary N) is 1. The summed E-state index contributed by atoms with van der Waals surface area (Å²) in [5.74, 6) is 0. The van der Waals surface area contributed by atoms with Crippen molar-refractivity contribution in [3.8, 4) is 0 Å². The highest BCUT2D eigenvalue weighted by Gasteiger charge is 2.23. The summed E-state index contributed by atoms with van der Waals surface area (Å²) in [5.41, 5.74) is 0.181. The number of H-pyrrole nitrogens is 1. The van der Waals surface area contributed by atoms with Crippen molar-refractivity contribution < 1.29 is 9.53 Å². The maximum absolute atomic E-state index is 11.6. The number of carbonyl (C=O) groups is 1. The fourth-order valence-electron chi connectivity index (χ4n) is 1.94. The number of rotatable bonds is 2. The van der Waals surface area contributed by atoms with E-state index in [0.29, 0.717) is 38.5 Å². The lowest BCUT2D eigenvalue weighted by Crippen LogP contribution is -2.49. The van der Waals surface area contributed by atoms with E-state index in [-0.39, 0.29) is 11.1 Å². The third-order valence-electron chi connectivity index (χ3n) is 2.92. The molecule has 1 N–H and O–H groups in total. The van der Waals surface area contributed by atoms with Gasteiger partial charge < -0.3 is 14.5 Å². The molecule has 1 fully saturated rings. The molecular weight excluding hydrogens is 272 g/mol. The Balaban J connectivity index is 2.02. The molecule has 0 bridgehead atoms. The first kappa shape index (κ1) is 13.7. The second-order valence-corrected chi connectivity index (χ2v) is 4.45. The summed E-state index contributed by atoms with van der Waals surface area (Å²) in [5, 5.41) is 6.13. The number of piperazine rings is 1. The Kier molecular flexibility index (Phi) is 4.26. The molecular formula is C11H15ClN4O3. The number of halogens is 1. The molecule has 7 nitrogen and oxygen atoms in total. The minimum atomic E-state index is -0.410. The van der Waals surface area contributed by atoms with E-state index in [9.17, 15) is 9.59 Å². The van der Waals surface area contributed by atoms with Crippen LogP contribution < -0.4 is 10.5 Å². The zero-order valence-electron chi connectivity index (χ0n) is 10.6. The highest BCUT2D eigenvalue weighted by Crippen LogP contribution is 2.21. The van der Waals surface area contributed by atoms with Crippen LogP contribution in [0.15, 0.2) is 11.0 Å². The van der Waals surface area contributed by atoms with Crippen LogP contribution in [0.4, 0.5) is 10.5 Å². The van der Waals surface area contributed by atoms with Gasteiger partial charge in [0, 0.05) is 26.2 Å².